The number of aromatic nitrogens is 1. The van der Waals surface area contributed by atoms with Gasteiger partial charge >= 0.3 is 0 Å². The van der Waals surface area contributed by atoms with Gasteiger partial charge < -0.3 is 4.90 Å². The molecule has 1 saturated heterocycles. The third-order valence-electron chi connectivity index (χ3n) is 4.36. The van der Waals surface area contributed by atoms with Gasteiger partial charge in [0.1, 0.15) is 5.82 Å². The predicted molar refractivity (Wildman–Crippen MR) is 105 cm³/mol. The summed E-state index contributed by atoms with van der Waals surface area (Å²) in [6.45, 7) is 7.25. The molecule has 1 aromatic carbocycles. The quantitative estimate of drug-likeness (QED) is 0.815. The van der Waals surface area contributed by atoms with Gasteiger partial charge in [-0.3, -0.25) is 9.62 Å². The van der Waals surface area contributed by atoms with E-state index in [9.17, 15) is 8.42 Å². The number of nitrogens with one attached hydrogen (secondary N) is 1. The Labute approximate surface area is 159 Å². The lowest BCUT2D eigenvalue weighted by molar-refractivity contribution is 0.258. The summed E-state index contributed by atoms with van der Waals surface area (Å²) in [6, 6.07) is 9.65. The van der Waals surface area contributed by atoms with Gasteiger partial charge in [-0.2, -0.15) is 0 Å². The fourth-order valence-corrected chi connectivity index (χ4v) is 4.15. The van der Waals surface area contributed by atoms with Crippen LogP contribution in [0.15, 0.2) is 47.5 Å². The molecule has 0 radical (unpaired) electrons. The Morgan fingerprint density at radius 3 is 2.35 bits per heavy atom. The third-order valence-corrected chi connectivity index (χ3v) is 6.01. The number of rotatable bonds is 6. The van der Waals surface area contributed by atoms with Gasteiger partial charge in [-0.05, 0) is 49.4 Å². The number of hydrogen-bond donors (Lipinski definition) is 1. The Morgan fingerprint density at radius 1 is 1.08 bits per heavy atom. The van der Waals surface area contributed by atoms with Crippen molar-refractivity contribution < 1.29 is 8.42 Å². The summed E-state index contributed by atoms with van der Waals surface area (Å²) in [4.78, 5) is 9.26. The van der Waals surface area contributed by atoms with Gasteiger partial charge in [0.25, 0.3) is 10.0 Å². The smallest absolute Gasteiger partial charge is 0.261 e. The number of benzene rings is 1. The van der Waals surface area contributed by atoms with Crippen LogP contribution in [0.5, 0.6) is 0 Å². The minimum atomic E-state index is -3.65. The van der Waals surface area contributed by atoms with E-state index in [0.717, 1.165) is 38.5 Å². The lowest BCUT2D eigenvalue weighted by Crippen LogP contribution is -2.46. The topological polar surface area (TPSA) is 65.5 Å². The Bertz CT molecular complexity index is 817. The highest BCUT2D eigenvalue weighted by atomic mass is 35.5. The van der Waals surface area contributed by atoms with E-state index in [0.29, 0.717) is 10.7 Å². The van der Waals surface area contributed by atoms with Gasteiger partial charge in [-0.25, -0.2) is 13.4 Å². The Morgan fingerprint density at radius 2 is 1.77 bits per heavy atom. The predicted octanol–water partition coefficient (Wildman–Crippen LogP) is 3.07. The van der Waals surface area contributed by atoms with E-state index < -0.39 is 10.0 Å². The number of halogens is 1. The number of piperazine rings is 1. The fourth-order valence-electron chi connectivity index (χ4n) is 2.98. The van der Waals surface area contributed by atoms with Crippen LogP contribution in [0.3, 0.4) is 0 Å². The van der Waals surface area contributed by atoms with Crippen LogP contribution >= 0.6 is 11.6 Å². The van der Waals surface area contributed by atoms with Crippen LogP contribution in [-0.4, -0.2) is 51.0 Å². The van der Waals surface area contributed by atoms with E-state index in [2.05, 4.69) is 26.4 Å². The molecule has 140 valence electrons. The van der Waals surface area contributed by atoms with Gasteiger partial charge in [-0.1, -0.05) is 18.5 Å². The molecule has 1 aliphatic rings. The van der Waals surface area contributed by atoms with Gasteiger partial charge in [-0.15, -0.1) is 0 Å². The van der Waals surface area contributed by atoms with Crippen LogP contribution in [0.4, 0.5) is 11.5 Å². The molecule has 2 aromatic rings. The average Bonchev–Trinajstić information content (AvgIpc) is 2.63. The second-order valence-corrected chi connectivity index (χ2v) is 8.41. The second kappa shape index (κ2) is 8.24. The summed E-state index contributed by atoms with van der Waals surface area (Å²) in [5.41, 5.74) is 0.438. The van der Waals surface area contributed by atoms with Gasteiger partial charge in [0.15, 0.2) is 0 Å². The zero-order valence-electron chi connectivity index (χ0n) is 14.7. The molecule has 0 amide bonds. The first-order valence-corrected chi connectivity index (χ1v) is 10.6. The largest absolute Gasteiger partial charge is 0.354 e. The maximum absolute atomic E-state index is 12.4. The molecule has 0 spiro atoms. The molecule has 0 aliphatic carbocycles. The second-order valence-electron chi connectivity index (χ2n) is 6.29. The van der Waals surface area contributed by atoms with Crippen molar-refractivity contribution in [3.05, 3.63) is 47.6 Å². The molecule has 26 heavy (non-hydrogen) atoms. The van der Waals surface area contributed by atoms with Crippen molar-refractivity contribution in [2.45, 2.75) is 18.2 Å². The number of sulfonamides is 1. The minimum Gasteiger partial charge on any atom is -0.354 e. The normalized spacial score (nSPS) is 15.8. The van der Waals surface area contributed by atoms with Crippen molar-refractivity contribution in [3.8, 4) is 0 Å². The molecule has 0 bridgehead atoms. The monoisotopic (exact) mass is 394 g/mol. The van der Waals surface area contributed by atoms with Crippen molar-refractivity contribution in [1.29, 1.82) is 0 Å². The van der Waals surface area contributed by atoms with Gasteiger partial charge in [0, 0.05) is 31.2 Å². The van der Waals surface area contributed by atoms with Crippen molar-refractivity contribution in [3.63, 3.8) is 0 Å². The van der Waals surface area contributed by atoms with Crippen molar-refractivity contribution in [1.82, 2.24) is 9.88 Å². The third kappa shape index (κ3) is 4.66. The SMILES string of the molecule is CCCN1CCN(c2ccc(NS(=O)(=O)c3ccc(Cl)cc3)cn2)CC1. The molecular formula is C18H23ClN4O2S. The van der Waals surface area contributed by atoms with E-state index in [4.69, 9.17) is 11.6 Å². The van der Waals surface area contributed by atoms with Crippen molar-refractivity contribution >= 4 is 33.1 Å². The number of hydrogen-bond acceptors (Lipinski definition) is 5. The Balaban J connectivity index is 1.64. The fraction of sp³-hybridized carbons (Fsp3) is 0.389. The first-order valence-electron chi connectivity index (χ1n) is 8.69. The molecule has 6 nitrogen and oxygen atoms in total. The molecule has 0 saturated carbocycles. The first kappa shape index (κ1) is 18.9. The summed E-state index contributed by atoms with van der Waals surface area (Å²) in [7, 11) is -3.65. The summed E-state index contributed by atoms with van der Waals surface area (Å²) in [5.74, 6) is 0.871. The minimum absolute atomic E-state index is 0.165. The van der Waals surface area contributed by atoms with Gasteiger partial charge in [0.05, 0.1) is 16.8 Å². The molecule has 1 aliphatic heterocycles. The maximum atomic E-state index is 12.4. The Kier molecular flexibility index (Phi) is 6.01. The van der Waals surface area contributed by atoms with E-state index in [1.54, 1.807) is 24.4 Å². The lowest BCUT2D eigenvalue weighted by Gasteiger charge is -2.35. The van der Waals surface area contributed by atoms with Crippen LogP contribution in [-0.2, 0) is 10.0 Å². The highest BCUT2D eigenvalue weighted by Gasteiger charge is 2.18. The highest BCUT2D eigenvalue weighted by molar-refractivity contribution is 7.92. The molecule has 1 fully saturated rings. The summed E-state index contributed by atoms with van der Waals surface area (Å²) in [6.07, 6.45) is 2.72. The van der Waals surface area contributed by atoms with Crippen LogP contribution < -0.4 is 9.62 Å². The molecule has 0 atom stereocenters. The van der Waals surface area contributed by atoms with Crippen LogP contribution in [0.2, 0.25) is 5.02 Å². The zero-order chi connectivity index (χ0) is 18.6. The number of pyridine rings is 1. The maximum Gasteiger partial charge on any atom is 0.261 e. The average molecular weight is 395 g/mol. The number of nitrogens with zero attached hydrogens (tertiary/aromatic N) is 3. The molecular weight excluding hydrogens is 372 g/mol. The molecule has 1 N–H and O–H groups in total. The van der Waals surface area contributed by atoms with E-state index in [1.807, 2.05) is 6.07 Å². The summed E-state index contributed by atoms with van der Waals surface area (Å²) < 4.78 is 27.3. The molecule has 1 aromatic heterocycles. The standard InChI is InChI=1S/C18H23ClN4O2S/c1-2-9-22-10-12-23(13-11-22)18-8-5-16(14-20-18)21-26(24,25)17-6-3-15(19)4-7-17/h3-8,14,21H,2,9-13H2,1H3. The molecule has 0 unspecified atom stereocenters. The van der Waals surface area contributed by atoms with Crippen LogP contribution in [0.25, 0.3) is 0 Å². The van der Waals surface area contributed by atoms with Crippen LogP contribution in [0, 0.1) is 0 Å². The van der Waals surface area contributed by atoms with E-state index in [1.165, 1.54) is 18.6 Å². The molecule has 2 heterocycles. The van der Waals surface area contributed by atoms with E-state index >= 15 is 0 Å². The van der Waals surface area contributed by atoms with Crippen molar-refractivity contribution in [2.24, 2.45) is 0 Å². The summed E-state index contributed by atoms with van der Waals surface area (Å²) in [5, 5.41) is 0.494. The lowest BCUT2D eigenvalue weighted by atomic mass is 10.3. The van der Waals surface area contributed by atoms with Gasteiger partial charge in [0.2, 0.25) is 0 Å². The van der Waals surface area contributed by atoms with Crippen LogP contribution in [0.1, 0.15) is 13.3 Å². The molecule has 8 heteroatoms. The number of anilines is 2. The zero-order valence-corrected chi connectivity index (χ0v) is 16.3. The van der Waals surface area contributed by atoms with E-state index in [-0.39, 0.29) is 4.90 Å². The molecule has 3 rings (SSSR count). The summed E-state index contributed by atoms with van der Waals surface area (Å²) >= 11 is 5.81. The Hall–Kier alpha value is -1.83. The first-order chi connectivity index (χ1) is 12.5. The van der Waals surface area contributed by atoms with Crippen molar-refractivity contribution in [2.75, 3.05) is 42.3 Å². The highest BCUT2D eigenvalue weighted by Crippen LogP contribution is 2.20.